The second-order valence-corrected chi connectivity index (χ2v) is 4.93. The summed E-state index contributed by atoms with van der Waals surface area (Å²) >= 11 is 5.93. The van der Waals surface area contributed by atoms with E-state index in [1.165, 1.54) is 17.1 Å². The van der Waals surface area contributed by atoms with Gasteiger partial charge in [-0.3, -0.25) is 9.59 Å². The van der Waals surface area contributed by atoms with Crippen molar-refractivity contribution >= 4 is 35.5 Å². The van der Waals surface area contributed by atoms with E-state index in [0.29, 0.717) is 10.6 Å². The molecule has 118 valence electrons. The number of hydrogen-bond acceptors (Lipinski definition) is 4. The van der Waals surface area contributed by atoms with Gasteiger partial charge in [-0.1, -0.05) is 29.8 Å². The molecule has 1 aromatic carbocycles. The van der Waals surface area contributed by atoms with E-state index in [-0.39, 0.29) is 12.5 Å². The molecule has 0 saturated heterocycles. The molecule has 0 bridgehead atoms. The van der Waals surface area contributed by atoms with E-state index in [1.807, 2.05) is 0 Å². The number of nitrogens with zero attached hydrogens (tertiary/aromatic N) is 1. The normalized spacial score (nSPS) is 10.3. The minimum absolute atomic E-state index is 0.140. The van der Waals surface area contributed by atoms with Gasteiger partial charge in [0.1, 0.15) is 0 Å². The molecule has 0 saturated carbocycles. The lowest BCUT2D eigenvalue weighted by Crippen LogP contribution is -2.38. The summed E-state index contributed by atoms with van der Waals surface area (Å²) < 4.78 is 4.75. The van der Waals surface area contributed by atoms with Crippen molar-refractivity contribution in [3.8, 4) is 0 Å². The number of carbonyl (C=O) groups is 3. The summed E-state index contributed by atoms with van der Waals surface area (Å²) in [5.41, 5.74) is 0.669. The lowest BCUT2D eigenvalue weighted by molar-refractivity contribution is -0.144. The molecule has 1 N–H and O–H groups in total. The summed E-state index contributed by atoms with van der Waals surface area (Å²) in [6.07, 6.45) is 2.68. The summed E-state index contributed by atoms with van der Waals surface area (Å²) in [4.78, 5) is 35.5. The van der Waals surface area contributed by atoms with Crippen molar-refractivity contribution in [3.05, 3.63) is 40.9 Å². The van der Waals surface area contributed by atoms with Crippen molar-refractivity contribution in [2.45, 2.75) is 0 Å². The maximum atomic E-state index is 11.5. The second kappa shape index (κ2) is 8.84. The zero-order chi connectivity index (χ0) is 16.5. The standard InChI is InChI=1S/C15H17ClN2O4/c1-18(2)14(20)9-17-13(19)10-22-15(21)8-7-11-5-3-4-6-12(11)16/h3-8H,9-10H2,1-2H3,(H,17,19)/b8-7+. The lowest BCUT2D eigenvalue weighted by atomic mass is 10.2. The van der Waals surface area contributed by atoms with E-state index in [0.717, 1.165) is 0 Å². The highest BCUT2D eigenvalue weighted by Gasteiger charge is 2.08. The average Bonchev–Trinajstić information content (AvgIpc) is 2.49. The summed E-state index contributed by atoms with van der Waals surface area (Å²) in [6, 6.07) is 7.00. The molecule has 0 atom stereocenters. The van der Waals surface area contributed by atoms with Gasteiger partial charge in [-0.15, -0.1) is 0 Å². The minimum atomic E-state index is -0.672. The number of nitrogens with one attached hydrogen (secondary N) is 1. The Labute approximate surface area is 133 Å². The van der Waals surface area contributed by atoms with Crippen molar-refractivity contribution in [1.82, 2.24) is 10.2 Å². The molecule has 0 aliphatic rings. The summed E-state index contributed by atoms with van der Waals surface area (Å²) in [6.45, 7) is -0.592. The van der Waals surface area contributed by atoms with Crippen LogP contribution in [0.2, 0.25) is 5.02 Å². The summed E-state index contributed by atoms with van der Waals surface area (Å²) in [5, 5.41) is 2.86. The van der Waals surface area contributed by atoms with E-state index in [4.69, 9.17) is 16.3 Å². The molecule has 22 heavy (non-hydrogen) atoms. The van der Waals surface area contributed by atoms with Crippen LogP contribution in [0.25, 0.3) is 6.08 Å². The summed E-state index contributed by atoms with van der Waals surface area (Å²) in [7, 11) is 3.15. The van der Waals surface area contributed by atoms with E-state index in [2.05, 4.69) is 5.32 Å². The van der Waals surface area contributed by atoms with Gasteiger partial charge in [0.05, 0.1) is 6.54 Å². The highest BCUT2D eigenvalue weighted by atomic mass is 35.5. The van der Waals surface area contributed by atoms with E-state index >= 15 is 0 Å². The Hall–Kier alpha value is -2.34. The monoisotopic (exact) mass is 324 g/mol. The molecule has 1 aromatic rings. The molecular weight excluding hydrogens is 308 g/mol. The van der Waals surface area contributed by atoms with Crippen molar-refractivity contribution < 1.29 is 19.1 Å². The molecule has 0 aliphatic carbocycles. The molecule has 6 nitrogen and oxygen atoms in total. The number of likely N-dealkylation sites (N-methyl/N-ethyl adjacent to an activating group) is 1. The number of amides is 2. The number of halogens is 1. The quantitative estimate of drug-likeness (QED) is 0.628. The molecule has 0 aromatic heterocycles. The predicted molar refractivity (Wildman–Crippen MR) is 83.1 cm³/mol. The van der Waals surface area contributed by atoms with Gasteiger partial charge in [-0.05, 0) is 17.7 Å². The first-order valence-corrected chi connectivity index (χ1v) is 6.84. The van der Waals surface area contributed by atoms with Crippen molar-refractivity contribution in [3.63, 3.8) is 0 Å². The van der Waals surface area contributed by atoms with E-state index < -0.39 is 18.5 Å². The fourth-order valence-corrected chi connectivity index (χ4v) is 1.53. The molecule has 0 spiro atoms. The number of benzene rings is 1. The van der Waals surface area contributed by atoms with Gasteiger partial charge in [0.2, 0.25) is 5.91 Å². The molecule has 0 aliphatic heterocycles. The Morgan fingerprint density at radius 1 is 1.27 bits per heavy atom. The lowest BCUT2D eigenvalue weighted by Gasteiger charge is -2.10. The van der Waals surface area contributed by atoms with Crippen LogP contribution in [0, 0.1) is 0 Å². The number of hydrogen-bond donors (Lipinski definition) is 1. The fourth-order valence-electron chi connectivity index (χ4n) is 1.34. The SMILES string of the molecule is CN(C)C(=O)CNC(=O)COC(=O)/C=C/c1ccccc1Cl. The van der Waals surface area contributed by atoms with Crippen LogP contribution < -0.4 is 5.32 Å². The zero-order valence-electron chi connectivity index (χ0n) is 12.3. The van der Waals surface area contributed by atoms with E-state index in [9.17, 15) is 14.4 Å². The molecule has 7 heteroatoms. The number of carbonyl (C=O) groups excluding carboxylic acids is 3. The zero-order valence-corrected chi connectivity index (χ0v) is 13.1. The van der Waals surface area contributed by atoms with Gasteiger partial charge in [-0.2, -0.15) is 0 Å². The minimum Gasteiger partial charge on any atom is -0.452 e. The highest BCUT2D eigenvalue weighted by Crippen LogP contribution is 2.16. The maximum Gasteiger partial charge on any atom is 0.331 e. The summed E-state index contributed by atoms with van der Waals surface area (Å²) in [5.74, 6) is -1.47. The predicted octanol–water partition coefficient (Wildman–Crippen LogP) is 1.10. The van der Waals surface area contributed by atoms with Crippen molar-refractivity contribution in [2.75, 3.05) is 27.2 Å². The number of esters is 1. The van der Waals surface area contributed by atoms with Gasteiger partial charge in [0, 0.05) is 25.2 Å². The van der Waals surface area contributed by atoms with Crippen LogP contribution in [-0.4, -0.2) is 49.9 Å². The van der Waals surface area contributed by atoms with Crippen LogP contribution in [0.1, 0.15) is 5.56 Å². The Morgan fingerprint density at radius 2 is 1.95 bits per heavy atom. The molecule has 0 heterocycles. The molecule has 0 unspecified atom stereocenters. The third-order valence-electron chi connectivity index (χ3n) is 2.59. The third-order valence-corrected chi connectivity index (χ3v) is 2.93. The Balaban J connectivity index is 2.35. The van der Waals surface area contributed by atoms with Gasteiger partial charge >= 0.3 is 5.97 Å². The fraction of sp³-hybridized carbons (Fsp3) is 0.267. The van der Waals surface area contributed by atoms with Crippen LogP contribution in [0.3, 0.4) is 0 Å². The molecular formula is C15H17ClN2O4. The first kappa shape index (κ1) is 17.7. The first-order chi connectivity index (χ1) is 10.4. The molecule has 1 rings (SSSR count). The number of ether oxygens (including phenoxy) is 1. The second-order valence-electron chi connectivity index (χ2n) is 4.53. The van der Waals surface area contributed by atoms with Gasteiger partial charge in [0.25, 0.3) is 5.91 Å². The topological polar surface area (TPSA) is 75.7 Å². The van der Waals surface area contributed by atoms with Gasteiger partial charge < -0.3 is 15.0 Å². The van der Waals surface area contributed by atoms with Crippen LogP contribution in [0.5, 0.6) is 0 Å². The molecule has 0 fully saturated rings. The Bertz CT molecular complexity index is 585. The largest absolute Gasteiger partial charge is 0.452 e. The third kappa shape index (κ3) is 6.41. The van der Waals surface area contributed by atoms with Crippen LogP contribution in [0.4, 0.5) is 0 Å². The Morgan fingerprint density at radius 3 is 2.59 bits per heavy atom. The van der Waals surface area contributed by atoms with Crippen LogP contribution in [0.15, 0.2) is 30.3 Å². The van der Waals surface area contributed by atoms with Gasteiger partial charge in [0.15, 0.2) is 6.61 Å². The van der Waals surface area contributed by atoms with Gasteiger partial charge in [-0.25, -0.2) is 4.79 Å². The number of rotatable bonds is 6. The molecule has 2 amide bonds. The average molecular weight is 325 g/mol. The first-order valence-electron chi connectivity index (χ1n) is 6.46. The van der Waals surface area contributed by atoms with E-state index in [1.54, 1.807) is 38.4 Å². The maximum absolute atomic E-state index is 11.5. The van der Waals surface area contributed by atoms with Crippen molar-refractivity contribution in [1.29, 1.82) is 0 Å². The molecule has 0 radical (unpaired) electrons. The van der Waals surface area contributed by atoms with Crippen LogP contribution >= 0.6 is 11.6 Å². The van der Waals surface area contributed by atoms with Crippen LogP contribution in [-0.2, 0) is 19.1 Å². The highest BCUT2D eigenvalue weighted by molar-refractivity contribution is 6.32. The Kier molecular flexibility index (Phi) is 7.12. The van der Waals surface area contributed by atoms with Crippen molar-refractivity contribution in [2.24, 2.45) is 0 Å². The smallest absolute Gasteiger partial charge is 0.331 e.